The average molecular weight is 330 g/mol. The molecule has 1 aromatic carbocycles. The van der Waals surface area contributed by atoms with Gasteiger partial charge in [0.25, 0.3) is 5.91 Å². The average Bonchev–Trinajstić information content (AvgIpc) is 2.74. The predicted molar refractivity (Wildman–Crippen MR) is 84.6 cm³/mol. The molecule has 6 heteroatoms. The molecule has 0 radical (unpaired) electrons. The summed E-state index contributed by atoms with van der Waals surface area (Å²) in [6.45, 7) is 3.96. The molecule has 1 amide bonds. The lowest BCUT2D eigenvalue weighted by Gasteiger charge is -2.21. The van der Waals surface area contributed by atoms with Crippen LogP contribution in [0.25, 0.3) is 10.1 Å². The molecule has 0 saturated carbocycles. The molecular weight excluding hydrogens is 313 g/mol. The number of halogens is 2. The number of fused-ring (bicyclic) bond motifs is 1. The number of amides is 1. The number of benzene rings is 1. The first-order chi connectivity index (χ1) is 9.93. The van der Waals surface area contributed by atoms with E-state index in [2.05, 4.69) is 5.32 Å². The minimum atomic E-state index is -0.354. The summed E-state index contributed by atoms with van der Waals surface area (Å²) in [5.74, 6) is -0.437. The van der Waals surface area contributed by atoms with E-state index in [1.54, 1.807) is 6.07 Å². The minimum absolute atomic E-state index is 0.00842. The Kier molecular flexibility index (Phi) is 5.19. The Balaban J connectivity index is 2.28. The Bertz CT molecular complexity index is 656. The van der Waals surface area contributed by atoms with Crippen LogP contribution < -0.4 is 5.32 Å². The van der Waals surface area contributed by atoms with Gasteiger partial charge in [0.05, 0.1) is 5.02 Å². The van der Waals surface area contributed by atoms with Crippen LogP contribution in [0.4, 0.5) is 4.39 Å². The topological polar surface area (TPSA) is 49.3 Å². The second-order valence-electron chi connectivity index (χ2n) is 5.22. The third-order valence-electron chi connectivity index (χ3n) is 3.36. The smallest absolute Gasteiger partial charge is 0.263 e. The molecule has 21 heavy (non-hydrogen) atoms. The van der Waals surface area contributed by atoms with Gasteiger partial charge in [-0.15, -0.1) is 11.3 Å². The third-order valence-corrected chi connectivity index (χ3v) is 5.02. The number of aliphatic hydroxyl groups is 1. The summed E-state index contributed by atoms with van der Waals surface area (Å²) < 4.78 is 13.9. The van der Waals surface area contributed by atoms with Gasteiger partial charge in [0, 0.05) is 22.7 Å². The van der Waals surface area contributed by atoms with Crippen molar-refractivity contribution >= 4 is 38.9 Å². The summed E-state index contributed by atoms with van der Waals surface area (Å²) in [6.07, 6.45) is 0.487. The van der Waals surface area contributed by atoms with Crippen LogP contribution in [0.15, 0.2) is 18.2 Å². The number of nitrogens with one attached hydrogen (secondary N) is 1. The van der Waals surface area contributed by atoms with Gasteiger partial charge in [-0.1, -0.05) is 25.4 Å². The van der Waals surface area contributed by atoms with Crippen molar-refractivity contribution in [2.45, 2.75) is 26.3 Å². The number of carbonyl (C=O) groups excluding carboxylic acids is 1. The maximum atomic E-state index is 13.2. The molecule has 2 aromatic rings. The Hall–Kier alpha value is -1.17. The van der Waals surface area contributed by atoms with E-state index in [1.807, 2.05) is 13.8 Å². The van der Waals surface area contributed by atoms with Crippen LogP contribution in [0.3, 0.4) is 0 Å². The first kappa shape index (κ1) is 16.2. The summed E-state index contributed by atoms with van der Waals surface area (Å²) in [7, 11) is 0. The lowest BCUT2D eigenvalue weighted by atomic mass is 10.0. The summed E-state index contributed by atoms with van der Waals surface area (Å²) in [4.78, 5) is 12.7. The van der Waals surface area contributed by atoms with E-state index in [0.29, 0.717) is 26.4 Å². The van der Waals surface area contributed by atoms with Crippen molar-refractivity contribution in [2.75, 3.05) is 6.61 Å². The second-order valence-corrected chi connectivity index (χ2v) is 6.65. The maximum Gasteiger partial charge on any atom is 0.263 e. The van der Waals surface area contributed by atoms with E-state index in [4.69, 9.17) is 16.7 Å². The number of aliphatic hydroxyl groups excluding tert-OH is 1. The number of rotatable bonds is 5. The van der Waals surface area contributed by atoms with Gasteiger partial charge in [-0.2, -0.15) is 0 Å². The molecular formula is C15H17ClFNO2S. The van der Waals surface area contributed by atoms with Crippen LogP contribution in [-0.2, 0) is 0 Å². The maximum absolute atomic E-state index is 13.2. The summed E-state index contributed by atoms with van der Waals surface area (Å²) in [6, 6.07) is 4.15. The fraction of sp³-hybridized carbons (Fsp3) is 0.400. The van der Waals surface area contributed by atoms with Crippen LogP contribution in [0.1, 0.15) is 29.9 Å². The van der Waals surface area contributed by atoms with Gasteiger partial charge in [0.2, 0.25) is 0 Å². The summed E-state index contributed by atoms with van der Waals surface area (Å²) in [5.41, 5.74) is 0. The summed E-state index contributed by atoms with van der Waals surface area (Å²) >= 11 is 7.39. The number of thiophene rings is 1. The predicted octanol–water partition coefficient (Wildman–Crippen LogP) is 3.83. The Morgan fingerprint density at radius 2 is 2.19 bits per heavy atom. The molecule has 114 valence electrons. The van der Waals surface area contributed by atoms with E-state index < -0.39 is 0 Å². The van der Waals surface area contributed by atoms with Gasteiger partial charge in [-0.3, -0.25) is 4.79 Å². The highest BCUT2D eigenvalue weighted by Gasteiger charge is 2.21. The highest BCUT2D eigenvalue weighted by molar-refractivity contribution is 7.21. The van der Waals surface area contributed by atoms with E-state index in [9.17, 15) is 9.18 Å². The molecule has 0 aliphatic carbocycles. The van der Waals surface area contributed by atoms with Gasteiger partial charge < -0.3 is 10.4 Å². The first-order valence-electron chi connectivity index (χ1n) is 6.73. The molecule has 1 heterocycles. The van der Waals surface area contributed by atoms with Gasteiger partial charge in [0.15, 0.2) is 0 Å². The normalized spacial score (nSPS) is 12.9. The van der Waals surface area contributed by atoms with Crippen molar-refractivity contribution in [3.05, 3.63) is 33.9 Å². The molecule has 0 fully saturated rings. The monoisotopic (exact) mass is 329 g/mol. The SMILES string of the molecule is CC(C)C(CCO)NC(=O)c1sc2cc(F)ccc2c1Cl. The van der Waals surface area contributed by atoms with Crippen molar-refractivity contribution in [2.24, 2.45) is 5.92 Å². The van der Waals surface area contributed by atoms with E-state index in [-0.39, 0.29) is 30.3 Å². The molecule has 0 aliphatic rings. The molecule has 1 unspecified atom stereocenters. The molecule has 0 saturated heterocycles. The van der Waals surface area contributed by atoms with Crippen LogP contribution in [0.2, 0.25) is 5.02 Å². The Morgan fingerprint density at radius 1 is 1.48 bits per heavy atom. The Morgan fingerprint density at radius 3 is 2.81 bits per heavy atom. The number of hydrogen-bond acceptors (Lipinski definition) is 3. The molecule has 0 spiro atoms. The molecule has 3 nitrogen and oxygen atoms in total. The van der Waals surface area contributed by atoms with Gasteiger partial charge in [-0.25, -0.2) is 4.39 Å². The van der Waals surface area contributed by atoms with Crippen molar-refractivity contribution < 1.29 is 14.3 Å². The largest absolute Gasteiger partial charge is 0.396 e. The highest BCUT2D eigenvalue weighted by Crippen LogP contribution is 2.35. The van der Waals surface area contributed by atoms with Crippen molar-refractivity contribution in [3.8, 4) is 0 Å². The third kappa shape index (κ3) is 3.54. The van der Waals surface area contributed by atoms with Crippen LogP contribution >= 0.6 is 22.9 Å². The second kappa shape index (κ2) is 6.73. The molecule has 0 aliphatic heterocycles. The van der Waals surface area contributed by atoms with Crippen LogP contribution in [-0.4, -0.2) is 23.7 Å². The minimum Gasteiger partial charge on any atom is -0.396 e. The molecule has 2 rings (SSSR count). The molecule has 1 atom stereocenters. The fourth-order valence-electron chi connectivity index (χ4n) is 2.13. The zero-order valence-corrected chi connectivity index (χ0v) is 13.4. The quantitative estimate of drug-likeness (QED) is 0.875. The first-order valence-corrected chi connectivity index (χ1v) is 7.92. The van der Waals surface area contributed by atoms with Crippen LogP contribution in [0, 0.1) is 11.7 Å². The van der Waals surface area contributed by atoms with Crippen LogP contribution in [0.5, 0.6) is 0 Å². The Labute approximate surface area is 131 Å². The lowest BCUT2D eigenvalue weighted by Crippen LogP contribution is -2.38. The van der Waals surface area contributed by atoms with E-state index in [0.717, 1.165) is 0 Å². The summed E-state index contributed by atoms with van der Waals surface area (Å²) in [5, 5.41) is 13.0. The lowest BCUT2D eigenvalue weighted by molar-refractivity contribution is 0.0921. The highest BCUT2D eigenvalue weighted by atomic mass is 35.5. The van der Waals surface area contributed by atoms with Crippen molar-refractivity contribution in [1.82, 2.24) is 5.32 Å². The van der Waals surface area contributed by atoms with Gasteiger partial charge in [-0.05, 0) is 30.5 Å². The zero-order valence-electron chi connectivity index (χ0n) is 11.8. The van der Waals surface area contributed by atoms with Gasteiger partial charge >= 0.3 is 0 Å². The standard InChI is InChI=1S/C15H17ClFNO2S/c1-8(2)11(5-6-19)18-15(20)14-13(16)10-4-3-9(17)7-12(10)21-14/h3-4,7-8,11,19H,5-6H2,1-2H3,(H,18,20). The molecule has 2 N–H and O–H groups in total. The zero-order chi connectivity index (χ0) is 15.6. The van der Waals surface area contributed by atoms with Crippen molar-refractivity contribution in [3.63, 3.8) is 0 Å². The number of carbonyl (C=O) groups is 1. The van der Waals surface area contributed by atoms with Gasteiger partial charge in [0.1, 0.15) is 10.7 Å². The van der Waals surface area contributed by atoms with Crippen molar-refractivity contribution in [1.29, 1.82) is 0 Å². The molecule has 0 bridgehead atoms. The van der Waals surface area contributed by atoms with E-state index >= 15 is 0 Å². The fourth-order valence-corrected chi connectivity index (χ4v) is 3.58. The van der Waals surface area contributed by atoms with E-state index in [1.165, 1.54) is 23.5 Å². The number of hydrogen-bond donors (Lipinski definition) is 2. The molecule has 1 aromatic heterocycles.